The molecule has 0 aliphatic rings. The lowest BCUT2D eigenvalue weighted by Gasteiger charge is -2.06. The van der Waals surface area contributed by atoms with Crippen LogP contribution >= 0.6 is 0 Å². The van der Waals surface area contributed by atoms with E-state index < -0.39 is 0 Å². The molecule has 0 spiro atoms. The highest BCUT2D eigenvalue weighted by atomic mass is 15.0. The number of hydrogen-bond donors (Lipinski definition) is 1. The summed E-state index contributed by atoms with van der Waals surface area (Å²) < 4.78 is 0. The predicted octanol–water partition coefficient (Wildman–Crippen LogP) is 1.61. The zero-order chi connectivity index (χ0) is 11.5. The fraction of sp³-hybridized carbons (Fsp3) is 0.250. The van der Waals surface area contributed by atoms with Gasteiger partial charge in [0.15, 0.2) is 5.82 Å². The van der Waals surface area contributed by atoms with Gasteiger partial charge in [0.25, 0.3) is 0 Å². The van der Waals surface area contributed by atoms with Gasteiger partial charge in [-0.2, -0.15) is 0 Å². The van der Waals surface area contributed by atoms with Crippen molar-refractivity contribution >= 4 is 0 Å². The van der Waals surface area contributed by atoms with Crippen LogP contribution in [0, 0.1) is 13.8 Å². The van der Waals surface area contributed by atoms with Crippen molar-refractivity contribution in [2.75, 3.05) is 0 Å². The molecule has 0 amide bonds. The molecule has 2 N–H and O–H groups in total. The third-order valence-electron chi connectivity index (χ3n) is 2.36. The maximum absolute atomic E-state index is 5.55. The quantitative estimate of drug-likeness (QED) is 0.825. The number of hydrogen-bond acceptors (Lipinski definition) is 4. The van der Waals surface area contributed by atoms with Gasteiger partial charge in [0, 0.05) is 5.56 Å². The summed E-state index contributed by atoms with van der Waals surface area (Å²) in [5.74, 6) is 2.03. The molecule has 1 aromatic heterocycles. The second kappa shape index (κ2) is 4.37. The Morgan fingerprint density at radius 3 is 2.50 bits per heavy atom. The first-order valence-corrected chi connectivity index (χ1v) is 5.18. The van der Waals surface area contributed by atoms with Gasteiger partial charge in [0.2, 0.25) is 0 Å². The maximum Gasteiger partial charge on any atom is 0.163 e. The van der Waals surface area contributed by atoms with Crippen molar-refractivity contribution in [3.8, 4) is 11.4 Å². The van der Waals surface area contributed by atoms with Gasteiger partial charge in [0.1, 0.15) is 11.6 Å². The minimum absolute atomic E-state index is 0.336. The summed E-state index contributed by atoms with van der Waals surface area (Å²) in [6, 6.07) is 8.02. The van der Waals surface area contributed by atoms with E-state index in [4.69, 9.17) is 5.73 Å². The van der Waals surface area contributed by atoms with Gasteiger partial charge in [-0.05, 0) is 19.4 Å². The van der Waals surface area contributed by atoms with Crippen LogP contribution in [-0.2, 0) is 6.54 Å². The van der Waals surface area contributed by atoms with E-state index in [0.29, 0.717) is 24.0 Å². The average Bonchev–Trinajstić information content (AvgIpc) is 2.28. The van der Waals surface area contributed by atoms with Crippen LogP contribution in [0.15, 0.2) is 24.3 Å². The molecule has 0 fully saturated rings. The monoisotopic (exact) mass is 214 g/mol. The van der Waals surface area contributed by atoms with Crippen LogP contribution in [0.1, 0.15) is 17.2 Å². The fourth-order valence-corrected chi connectivity index (χ4v) is 1.57. The molecule has 0 unspecified atom stereocenters. The molecule has 2 rings (SSSR count). The fourth-order valence-electron chi connectivity index (χ4n) is 1.57. The first-order valence-electron chi connectivity index (χ1n) is 5.18. The second-order valence-corrected chi connectivity index (χ2v) is 3.64. The van der Waals surface area contributed by atoms with Crippen LogP contribution in [0.3, 0.4) is 0 Å². The van der Waals surface area contributed by atoms with Gasteiger partial charge in [-0.3, -0.25) is 0 Å². The van der Waals surface area contributed by atoms with Crippen LogP contribution < -0.4 is 5.73 Å². The molecule has 4 nitrogen and oxygen atoms in total. The lowest BCUT2D eigenvalue weighted by atomic mass is 10.1. The number of benzene rings is 1. The highest BCUT2D eigenvalue weighted by Gasteiger charge is 2.07. The molecule has 1 heterocycles. The Balaban J connectivity index is 2.56. The van der Waals surface area contributed by atoms with Gasteiger partial charge in [-0.15, -0.1) is 0 Å². The van der Waals surface area contributed by atoms with Crippen molar-refractivity contribution in [3.63, 3.8) is 0 Å². The summed E-state index contributed by atoms with van der Waals surface area (Å²) in [5, 5.41) is 0. The van der Waals surface area contributed by atoms with Crippen molar-refractivity contribution in [1.29, 1.82) is 0 Å². The highest BCUT2D eigenvalue weighted by Crippen LogP contribution is 2.18. The average molecular weight is 214 g/mol. The van der Waals surface area contributed by atoms with E-state index in [0.717, 1.165) is 11.1 Å². The molecular weight excluding hydrogens is 200 g/mol. The van der Waals surface area contributed by atoms with Crippen molar-refractivity contribution in [2.24, 2.45) is 5.73 Å². The Morgan fingerprint density at radius 1 is 1.06 bits per heavy atom. The summed E-state index contributed by atoms with van der Waals surface area (Å²) >= 11 is 0. The molecule has 0 bridgehead atoms. The number of nitrogens with zero attached hydrogens (tertiary/aromatic N) is 3. The highest BCUT2D eigenvalue weighted by molar-refractivity contribution is 5.59. The lowest BCUT2D eigenvalue weighted by molar-refractivity contribution is 0.851. The lowest BCUT2D eigenvalue weighted by Crippen LogP contribution is -2.07. The minimum atomic E-state index is 0.336. The van der Waals surface area contributed by atoms with E-state index in [2.05, 4.69) is 15.0 Å². The SMILES string of the molecule is Cc1nc(CN)nc(-c2ccccc2C)n1. The van der Waals surface area contributed by atoms with Crippen LogP contribution in [0.5, 0.6) is 0 Å². The summed E-state index contributed by atoms with van der Waals surface area (Å²) in [6.07, 6.45) is 0. The first kappa shape index (κ1) is 10.7. The third-order valence-corrected chi connectivity index (χ3v) is 2.36. The van der Waals surface area contributed by atoms with E-state index in [-0.39, 0.29) is 0 Å². The van der Waals surface area contributed by atoms with Crippen molar-refractivity contribution in [2.45, 2.75) is 20.4 Å². The maximum atomic E-state index is 5.55. The van der Waals surface area contributed by atoms with E-state index in [9.17, 15) is 0 Å². The Bertz CT molecular complexity index is 508. The Labute approximate surface area is 94.6 Å². The molecule has 0 atom stereocenters. The molecule has 2 aromatic rings. The molecule has 0 saturated heterocycles. The van der Waals surface area contributed by atoms with Gasteiger partial charge in [-0.25, -0.2) is 15.0 Å². The summed E-state index contributed by atoms with van der Waals surface area (Å²) in [7, 11) is 0. The molecule has 0 aliphatic carbocycles. The molecule has 1 aromatic carbocycles. The zero-order valence-corrected chi connectivity index (χ0v) is 9.44. The topological polar surface area (TPSA) is 64.7 Å². The standard InChI is InChI=1S/C12H14N4/c1-8-5-3-4-6-10(8)12-15-9(2)14-11(7-13)16-12/h3-6H,7,13H2,1-2H3. The van der Waals surface area contributed by atoms with Crippen LogP contribution in [0.25, 0.3) is 11.4 Å². The number of rotatable bonds is 2. The van der Waals surface area contributed by atoms with Gasteiger partial charge in [-0.1, -0.05) is 24.3 Å². The van der Waals surface area contributed by atoms with Gasteiger partial charge >= 0.3 is 0 Å². The molecule has 0 radical (unpaired) electrons. The number of aryl methyl sites for hydroxylation is 2. The molecule has 0 saturated carbocycles. The minimum Gasteiger partial charge on any atom is -0.324 e. The Kier molecular flexibility index (Phi) is 2.92. The summed E-state index contributed by atoms with van der Waals surface area (Å²) in [5.41, 5.74) is 7.73. The van der Waals surface area contributed by atoms with E-state index >= 15 is 0 Å². The van der Waals surface area contributed by atoms with Gasteiger partial charge < -0.3 is 5.73 Å². The van der Waals surface area contributed by atoms with Crippen LogP contribution in [0.4, 0.5) is 0 Å². The Hall–Kier alpha value is -1.81. The number of nitrogens with two attached hydrogens (primary N) is 1. The van der Waals surface area contributed by atoms with Crippen molar-refractivity contribution in [3.05, 3.63) is 41.5 Å². The largest absolute Gasteiger partial charge is 0.324 e. The smallest absolute Gasteiger partial charge is 0.163 e. The molecule has 0 aliphatic heterocycles. The van der Waals surface area contributed by atoms with E-state index in [1.54, 1.807) is 0 Å². The second-order valence-electron chi connectivity index (χ2n) is 3.64. The molecule has 82 valence electrons. The Morgan fingerprint density at radius 2 is 1.81 bits per heavy atom. The molecular formula is C12H14N4. The summed E-state index contributed by atoms with van der Waals surface area (Å²) in [6.45, 7) is 4.22. The predicted molar refractivity (Wildman–Crippen MR) is 62.6 cm³/mol. The van der Waals surface area contributed by atoms with Crippen molar-refractivity contribution in [1.82, 2.24) is 15.0 Å². The van der Waals surface area contributed by atoms with Crippen LogP contribution in [-0.4, -0.2) is 15.0 Å². The normalized spacial score (nSPS) is 10.4. The van der Waals surface area contributed by atoms with Crippen LogP contribution in [0.2, 0.25) is 0 Å². The van der Waals surface area contributed by atoms with E-state index in [1.807, 2.05) is 38.1 Å². The van der Waals surface area contributed by atoms with Crippen molar-refractivity contribution < 1.29 is 0 Å². The summed E-state index contributed by atoms with van der Waals surface area (Å²) in [4.78, 5) is 12.8. The first-order chi connectivity index (χ1) is 7.70. The number of aromatic nitrogens is 3. The zero-order valence-electron chi connectivity index (χ0n) is 9.44. The van der Waals surface area contributed by atoms with Gasteiger partial charge in [0.05, 0.1) is 6.54 Å². The molecule has 16 heavy (non-hydrogen) atoms. The molecule has 4 heteroatoms. The van der Waals surface area contributed by atoms with E-state index in [1.165, 1.54) is 0 Å². The third kappa shape index (κ3) is 2.06.